The number of aliphatic carboxylic acids is 1. The first-order valence-electron chi connectivity index (χ1n) is 7.37. The summed E-state index contributed by atoms with van der Waals surface area (Å²) in [7, 11) is 0. The van der Waals surface area contributed by atoms with E-state index in [9.17, 15) is 4.79 Å². The smallest absolute Gasteiger partial charge is 0.328 e. The van der Waals surface area contributed by atoms with Gasteiger partial charge in [-0.25, -0.2) is 4.79 Å². The zero-order valence-electron chi connectivity index (χ0n) is 12.3. The molecule has 0 unspecified atom stereocenters. The number of carboxylic acid groups (broad SMARTS) is 1. The van der Waals surface area contributed by atoms with Crippen molar-refractivity contribution in [2.75, 3.05) is 6.54 Å². The van der Waals surface area contributed by atoms with E-state index < -0.39 is 5.97 Å². The maximum absolute atomic E-state index is 10.6. The van der Waals surface area contributed by atoms with Crippen LogP contribution in [0.3, 0.4) is 0 Å². The second kappa shape index (κ2) is 6.54. The Morgan fingerprint density at radius 2 is 2.05 bits per heavy atom. The predicted octanol–water partition coefficient (Wildman–Crippen LogP) is 2.74. The molecule has 2 heterocycles. The minimum atomic E-state index is -0.950. The first-order chi connectivity index (χ1) is 10.7. The van der Waals surface area contributed by atoms with Crippen molar-refractivity contribution in [3.8, 4) is 0 Å². The van der Waals surface area contributed by atoms with Crippen LogP contribution in [0.1, 0.15) is 22.5 Å². The van der Waals surface area contributed by atoms with E-state index in [4.69, 9.17) is 5.11 Å². The van der Waals surface area contributed by atoms with Gasteiger partial charge in [0.1, 0.15) is 0 Å². The second-order valence-electron chi connectivity index (χ2n) is 5.46. The van der Waals surface area contributed by atoms with Gasteiger partial charge in [0.15, 0.2) is 0 Å². The zero-order valence-corrected chi connectivity index (χ0v) is 12.3. The van der Waals surface area contributed by atoms with E-state index in [1.165, 1.54) is 11.1 Å². The molecule has 1 N–H and O–H groups in total. The fourth-order valence-corrected chi connectivity index (χ4v) is 2.72. The van der Waals surface area contributed by atoms with Crippen LogP contribution >= 0.6 is 0 Å². The van der Waals surface area contributed by atoms with Gasteiger partial charge in [0.2, 0.25) is 0 Å². The molecule has 1 aliphatic heterocycles. The Hall–Kier alpha value is -2.46. The fourth-order valence-electron chi connectivity index (χ4n) is 2.72. The number of fused-ring (bicyclic) bond motifs is 1. The van der Waals surface area contributed by atoms with Gasteiger partial charge in [0.25, 0.3) is 0 Å². The molecule has 112 valence electrons. The minimum absolute atomic E-state index is 0.706. The molecule has 0 atom stereocenters. The third-order valence-electron chi connectivity index (χ3n) is 3.79. The summed E-state index contributed by atoms with van der Waals surface area (Å²) in [5.74, 6) is -0.950. The highest BCUT2D eigenvalue weighted by Gasteiger charge is 2.17. The predicted molar refractivity (Wildman–Crippen MR) is 85.2 cm³/mol. The van der Waals surface area contributed by atoms with Crippen molar-refractivity contribution >= 4 is 12.0 Å². The summed E-state index contributed by atoms with van der Waals surface area (Å²) in [6.07, 6.45) is 3.56. The quantitative estimate of drug-likeness (QED) is 0.881. The Balaban J connectivity index is 1.70. The summed E-state index contributed by atoms with van der Waals surface area (Å²) >= 11 is 0. The molecule has 4 nitrogen and oxygen atoms in total. The number of nitrogens with zero attached hydrogens (tertiary/aromatic N) is 2. The Morgan fingerprint density at radius 3 is 2.82 bits per heavy atom. The molecule has 1 aromatic carbocycles. The van der Waals surface area contributed by atoms with Gasteiger partial charge < -0.3 is 5.11 Å². The number of pyridine rings is 1. The Morgan fingerprint density at radius 1 is 1.23 bits per heavy atom. The molecule has 1 aromatic heterocycles. The van der Waals surface area contributed by atoms with Gasteiger partial charge in [-0.15, -0.1) is 0 Å². The maximum atomic E-state index is 10.6. The van der Waals surface area contributed by atoms with Gasteiger partial charge in [0, 0.05) is 37.8 Å². The molecule has 0 saturated carbocycles. The molecule has 4 heteroatoms. The van der Waals surface area contributed by atoms with Crippen LogP contribution in [0.5, 0.6) is 0 Å². The topological polar surface area (TPSA) is 53.4 Å². The average molecular weight is 294 g/mol. The minimum Gasteiger partial charge on any atom is -0.478 e. The van der Waals surface area contributed by atoms with Gasteiger partial charge >= 0.3 is 5.97 Å². The molecule has 1 aliphatic rings. The molecule has 0 saturated heterocycles. The number of hydrogen-bond donors (Lipinski definition) is 1. The van der Waals surface area contributed by atoms with Crippen molar-refractivity contribution in [2.24, 2.45) is 0 Å². The summed E-state index contributed by atoms with van der Waals surface area (Å²) in [4.78, 5) is 17.5. The van der Waals surface area contributed by atoms with Crippen molar-refractivity contribution in [1.82, 2.24) is 9.88 Å². The van der Waals surface area contributed by atoms with Crippen LogP contribution in [-0.4, -0.2) is 27.5 Å². The highest BCUT2D eigenvalue weighted by Crippen LogP contribution is 2.20. The van der Waals surface area contributed by atoms with Crippen LogP contribution in [0.2, 0.25) is 0 Å². The summed E-state index contributed by atoms with van der Waals surface area (Å²) in [5, 5.41) is 8.67. The highest BCUT2D eigenvalue weighted by atomic mass is 16.4. The molecule has 22 heavy (non-hydrogen) atoms. The number of rotatable bonds is 4. The Labute approximate surface area is 129 Å². The number of benzene rings is 1. The van der Waals surface area contributed by atoms with E-state index in [0.29, 0.717) is 5.69 Å². The van der Waals surface area contributed by atoms with Crippen LogP contribution < -0.4 is 0 Å². The third kappa shape index (κ3) is 3.59. The molecule has 0 bridgehead atoms. The Kier molecular flexibility index (Phi) is 4.30. The molecule has 2 aromatic rings. The van der Waals surface area contributed by atoms with Crippen molar-refractivity contribution in [2.45, 2.75) is 19.5 Å². The molecule has 0 aliphatic carbocycles. The normalized spacial score (nSPS) is 14.9. The third-order valence-corrected chi connectivity index (χ3v) is 3.79. The highest BCUT2D eigenvalue weighted by molar-refractivity contribution is 5.84. The van der Waals surface area contributed by atoms with E-state index in [1.54, 1.807) is 6.08 Å². The lowest BCUT2D eigenvalue weighted by Gasteiger charge is -2.28. The maximum Gasteiger partial charge on any atom is 0.328 e. The van der Waals surface area contributed by atoms with Gasteiger partial charge in [-0.2, -0.15) is 0 Å². The molecule has 0 radical (unpaired) electrons. The largest absolute Gasteiger partial charge is 0.478 e. The van der Waals surface area contributed by atoms with Gasteiger partial charge in [-0.3, -0.25) is 9.88 Å². The fraction of sp³-hybridized carbons (Fsp3) is 0.222. The summed E-state index contributed by atoms with van der Waals surface area (Å²) in [5.41, 5.74) is 4.34. The van der Waals surface area contributed by atoms with Crippen molar-refractivity contribution in [1.29, 1.82) is 0 Å². The molecule has 3 rings (SSSR count). The first-order valence-corrected chi connectivity index (χ1v) is 7.37. The average Bonchev–Trinajstić information content (AvgIpc) is 2.54. The van der Waals surface area contributed by atoms with Crippen LogP contribution in [0.15, 0.2) is 48.5 Å². The Bertz CT molecular complexity index is 695. The van der Waals surface area contributed by atoms with Crippen molar-refractivity contribution in [3.63, 3.8) is 0 Å². The van der Waals surface area contributed by atoms with E-state index in [0.717, 1.165) is 37.8 Å². The lowest BCUT2D eigenvalue weighted by Crippen LogP contribution is -2.30. The standard InChI is InChI=1S/C18H18N2O2/c21-18(22)9-8-16-7-6-15-13-20(11-10-17(15)19-16)12-14-4-2-1-3-5-14/h1-9H,10-13H2,(H,21,22). The SMILES string of the molecule is O=C(O)C=Cc1ccc2c(n1)CCN(Cc1ccccc1)C2. The van der Waals surface area contributed by atoms with E-state index in [-0.39, 0.29) is 0 Å². The lowest BCUT2D eigenvalue weighted by atomic mass is 10.0. The number of carbonyl (C=O) groups is 1. The first kappa shape index (κ1) is 14.5. The lowest BCUT2D eigenvalue weighted by molar-refractivity contribution is -0.131. The second-order valence-corrected chi connectivity index (χ2v) is 5.46. The summed E-state index contributed by atoms with van der Waals surface area (Å²) in [6, 6.07) is 14.4. The van der Waals surface area contributed by atoms with Gasteiger partial charge in [-0.1, -0.05) is 36.4 Å². The van der Waals surface area contributed by atoms with Crippen LogP contribution in [0, 0.1) is 0 Å². The van der Waals surface area contributed by atoms with Crippen LogP contribution in [-0.2, 0) is 24.3 Å². The van der Waals surface area contributed by atoms with Crippen molar-refractivity contribution in [3.05, 3.63) is 71.1 Å². The monoisotopic (exact) mass is 294 g/mol. The molecular formula is C18H18N2O2. The zero-order chi connectivity index (χ0) is 15.4. The van der Waals surface area contributed by atoms with E-state index in [1.807, 2.05) is 12.1 Å². The number of carboxylic acids is 1. The van der Waals surface area contributed by atoms with E-state index >= 15 is 0 Å². The van der Waals surface area contributed by atoms with Crippen LogP contribution in [0.4, 0.5) is 0 Å². The molecular weight excluding hydrogens is 276 g/mol. The summed E-state index contributed by atoms with van der Waals surface area (Å²) in [6.45, 7) is 2.81. The molecule has 0 spiro atoms. The summed E-state index contributed by atoms with van der Waals surface area (Å²) < 4.78 is 0. The van der Waals surface area contributed by atoms with Crippen LogP contribution in [0.25, 0.3) is 6.08 Å². The van der Waals surface area contributed by atoms with Gasteiger partial charge in [0.05, 0.1) is 5.69 Å². The van der Waals surface area contributed by atoms with Gasteiger partial charge in [-0.05, 0) is 23.3 Å². The van der Waals surface area contributed by atoms with E-state index in [2.05, 4.69) is 40.2 Å². The molecule has 0 fully saturated rings. The van der Waals surface area contributed by atoms with Crippen molar-refractivity contribution < 1.29 is 9.90 Å². The number of hydrogen-bond acceptors (Lipinski definition) is 3. The molecule has 0 amide bonds. The number of aromatic nitrogens is 1.